The van der Waals surface area contributed by atoms with Gasteiger partial charge in [-0.3, -0.25) is 4.79 Å². The SMILES string of the molecule is Br.CCN(CC)C1=NC(=O)/C(=C/c2ccc(C(C)(C)C)cc2)S1. The summed E-state index contributed by atoms with van der Waals surface area (Å²) in [5.41, 5.74) is 2.47. The summed E-state index contributed by atoms with van der Waals surface area (Å²) in [5, 5.41) is 0.813. The Kier molecular flexibility index (Phi) is 7.08. The van der Waals surface area contributed by atoms with E-state index < -0.39 is 0 Å². The zero-order chi connectivity index (χ0) is 16.3. The third kappa shape index (κ3) is 4.95. The van der Waals surface area contributed by atoms with Crippen LogP contribution in [0.15, 0.2) is 34.2 Å². The van der Waals surface area contributed by atoms with Crippen molar-refractivity contribution >= 4 is 45.9 Å². The first-order chi connectivity index (χ1) is 10.3. The maximum Gasteiger partial charge on any atom is 0.286 e. The number of carbonyl (C=O) groups is 1. The predicted molar refractivity (Wildman–Crippen MR) is 106 cm³/mol. The van der Waals surface area contributed by atoms with E-state index in [2.05, 4.69) is 68.8 Å². The van der Waals surface area contributed by atoms with Crippen LogP contribution < -0.4 is 0 Å². The van der Waals surface area contributed by atoms with Gasteiger partial charge in [0.2, 0.25) is 0 Å². The van der Waals surface area contributed by atoms with Crippen LogP contribution in [0.2, 0.25) is 0 Å². The van der Waals surface area contributed by atoms with E-state index in [0.29, 0.717) is 4.91 Å². The number of aliphatic imine (C=N–C) groups is 1. The first kappa shape index (κ1) is 20.0. The smallest absolute Gasteiger partial charge is 0.286 e. The van der Waals surface area contributed by atoms with Gasteiger partial charge in [-0.2, -0.15) is 4.99 Å². The second-order valence-corrected chi connectivity index (χ2v) is 7.36. The summed E-state index contributed by atoms with van der Waals surface area (Å²) in [6.45, 7) is 12.5. The Balaban J connectivity index is 0.00000264. The number of thioether (sulfide) groups is 1. The lowest BCUT2D eigenvalue weighted by Gasteiger charge is -2.19. The molecule has 1 heterocycles. The molecule has 23 heavy (non-hydrogen) atoms. The number of rotatable bonds is 3. The minimum atomic E-state index is -0.133. The van der Waals surface area contributed by atoms with Crippen LogP contribution in [0.1, 0.15) is 45.7 Å². The van der Waals surface area contributed by atoms with Crippen molar-refractivity contribution in [2.75, 3.05) is 13.1 Å². The Bertz CT molecular complexity index is 611. The minimum absolute atomic E-state index is 0. The summed E-state index contributed by atoms with van der Waals surface area (Å²) in [6, 6.07) is 8.39. The maximum absolute atomic E-state index is 12.0. The Morgan fingerprint density at radius 2 is 1.70 bits per heavy atom. The van der Waals surface area contributed by atoms with Crippen LogP contribution in [0.4, 0.5) is 0 Å². The Morgan fingerprint density at radius 3 is 2.17 bits per heavy atom. The zero-order valence-electron chi connectivity index (χ0n) is 14.4. The largest absolute Gasteiger partial charge is 0.351 e. The van der Waals surface area contributed by atoms with Crippen molar-refractivity contribution in [2.45, 2.75) is 40.0 Å². The molecule has 1 aliphatic heterocycles. The molecule has 0 aliphatic carbocycles. The molecule has 0 radical (unpaired) electrons. The number of hydrogen-bond acceptors (Lipinski definition) is 3. The van der Waals surface area contributed by atoms with E-state index in [1.165, 1.54) is 17.3 Å². The van der Waals surface area contributed by atoms with Crippen molar-refractivity contribution in [1.29, 1.82) is 0 Å². The van der Waals surface area contributed by atoms with Gasteiger partial charge in [0, 0.05) is 13.1 Å². The van der Waals surface area contributed by atoms with E-state index in [0.717, 1.165) is 23.8 Å². The highest BCUT2D eigenvalue weighted by atomic mass is 79.9. The van der Waals surface area contributed by atoms with Crippen LogP contribution in [0.5, 0.6) is 0 Å². The molecular weight excluding hydrogens is 372 g/mol. The van der Waals surface area contributed by atoms with Gasteiger partial charge in [-0.15, -0.1) is 17.0 Å². The number of amides is 1. The van der Waals surface area contributed by atoms with Gasteiger partial charge in [-0.1, -0.05) is 45.0 Å². The van der Waals surface area contributed by atoms with Crippen LogP contribution in [-0.4, -0.2) is 29.1 Å². The first-order valence-corrected chi connectivity index (χ1v) is 8.55. The van der Waals surface area contributed by atoms with Gasteiger partial charge in [0.25, 0.3) is 5.91 Å². The van der Waals surface area contributed by atoms with E-state index in [9.17, 15) is 4.79 Å². The summed E-state index contributed by atoms with van der Waals surface area (Å²) in [7, 11) is 0. The van der Waals surface area contributed by atoms with Crippen molar-refractivity contribution in [1.82, 2.24) is 4.90 Å². The van der Waals surface area contributed by atoms with Crippen molar-refractivity contribution in [3.63, 3.8) is 0 Å². The standard InChI is InChI=1S/C18H24N2OS.BrH/c1-6-20(7-2)17-19-16(21)15(22-17)12-13-8-10-14(11-9-13)18(3,4)5;/h8-12H,6-7H2,1-5H3;1H/b15-12-;. The fourth-order valence-electron chi connectivity index (χ4n) is 2.26. The highest BCUT2D eigenvalue weighted by Crippen LogP contribution is 2.30. The third-order valence-electron chi connectivity index (χ3n) is 3.72. The number of halogens is 1. The van der Waals surface area contributed by atoms with Gasteiger partial charge >= 0.3 is 0 Å². The van der Waals surface area contributed by atoms with Crippen LogP contribution in [0.25, 0.3) is 6.08 Å². The van der Waals surface area contributed by atoms with Crippen molar-refractivity contribution in [3.8, 4) is 0 Å². The number of hydrogen-bond donors (Lipinski definition) is 0. The third-order valence-corrected chi connectivity index (χ3v) is 4.76. The highest BCUT2D eigenvalue weighted by Gasteiger charge is 2.24. The van der Waals surface area contributed by atoms with Gasteiger partial charge in [-0.05, 0) is 48.2 Å². The molecule has 1 aliphatic rings. The first-order valence-electron chi connectivity index (χ1n) is 7.73. The molecule has 0 saturated heterocycles. The average Bonchev–Trinajstić information content (AvgIpc) is 2.81. The number of amidine groups is 1. The lowest BCUT2D eigenvalue weighted by atomic mass is 9.87. The molecular formula is C18H25BrN2OS. The molecule has 0 aromatic heterocycles. The monoisotopic (exact) mass is 396 g/mol. The minimum Gasteiger partial charge on any atom is -0.351 e. The number of nitrogens with zero attached hydrogens (tertiary/aromatic N) is 2. The topological polar surface area (TPSA) is 32.7 Å². The molecule has 0 fully saturated rings. The molecule has 0 bridgehead atoms. The van der Waals surface area contributed by atoms with E-state index in [1.807, 2.05) is 6.08 Å². The molecule has 0 atom stereocenters. The van der Waals surface area contributed by atoms with E-state index in [4.69, 9.17) is 0 Å². The van der Waals surface area contributed by atoms with E-state index in [-0.39, 0.29) is 28.3 Å². The summed E-state index contributed by atoms with van der Waals surface area (Å²) in [5.74, 6) is -0.133. The molecule has 3 nitrogen and oxygen atoms in total. The number of benzene rings is 1. The molecule has 1 amide bonds. The Hall–Kier alpha value is -1.07. The van der Waals surface area contributed by atoms with Gasteiger partial charge in [-0.25, -0.2) is 0 Å². The summed E-state index contributed by atoms with van der Waals surface area (Å²) in [6.07, 6.45) is 1.93. The van der Waals surface area contributed by atoms with Crippen LogP contribution >= 0.6 is 28.7 Å². The molecule has 126 valence electrons. The fourth-order valence-corrected chi connectivity index (χ4v) is 3.30. The molecule has 1 aromatic carbocycles. The summed E-state index contributed by atoms with van der Waals surface area (Å²) < 4.78 is 0. The van der Waals surface area contributed by atoms with Crippen LogP contribution in [0.3, 0.4) is 0 Å². The van der Waals surface area contributed by atoms with E-state index >= 15 is 0 Å². The van der Waals surface area contributed by atoms with Gasteiger partial charge < -0.3 is 4.90 Å². The quantitative estimate of drug-likeness (QED) is 0.682. The van der Waals surface area contributed by atoms with Gasteiger partial charge in [0.05, 0.1) is 4.91 Å². The average molecular weight is 397 g/mol. The van der Waals surface area contributed by atoms with E-state index in [1.54, 1.807) is 0 Å². The summed E-state index contributed by atoms with van der Waals surface area (Å²) in [4.78, 5) is 19.0. The highest BCUT2D eigenvalue weighted by molar-refractivity contribution is 8.93. The fraction of sp³-hybridized carbons (Fsp3) is 0.444. The van der Waals surface area contributed by atoms with Gasteiger partial charge in [0.15, 0.2) is 5.17 Å². The van der Waals surface area contributed by atoms with Gasteiger partial charge in [0.1, 0.15) is 0 Å². The van der Waals surface area contributed by atoms with Crippen LogP contribution in [-0.2, 0) is 10.2 Å². The Labute approximate surface area is 154 Å². The molecule has 0 N–H and O–H groups in total. The number of carbonyl (C=O) groups excluding carboxylic acids is 1. The zero-order valence-corrected chi connectivity index (χ0v) is 16.9. The molecule has 0 unspecified atom stereocenters. The molecule has 5 heteroatoms. The second-order valence-electron chi connectivity index (χ2n) is 6.35. The Morgan fingerprint density at radius 1 is 1.13 bits per heavy atom. The van der Waals surface area contributed by atoms with Crippen molar-refractivity contribution < 1.29 is 4.79 Å². The molecule has 1 aromatic rings. The van der Waals surface area contributed by atoms with Crippen molar-refractivity contribution in [3.05, 3.63) is 40.3 Å². The van der Waals surface area contributed by atoms with Crippen molar-refractivity contribution in [2.24, 2.45) is 4.99 Å². The second kappa shape index (κ2) is 8.15. The lowest BCUT2D eigenvalue weighted by molar-refractivity contribution is -0.113. The lowest BCUT2D eigenvalue weighted by Crippen LogP contribution is -2.26. The maximum atomic E-state index is 12.0. The molecule has 0 spiro atoms. The molecule has 0 saturated carbocycles. The summed E-state index contributed by atoms with van der Waals surface area (Å²) >= 11 is 1.47. The normalized spacial score (nSPS) is 16.3. The molecule has 2 rings (SSSR count). The predicted octanol–water partition coefficient (Wildman–Crippen LogP) is 4.87. The van der Waals surface area contributed by atoms with Crippen LogP contribution in [0, 0.1) is 0 Å².